The maximum atomic E-state index is 8.21. The van der Waals surface area contributed by atoms with Gasteiger partial charge in [0.1, 0.15) is 12.4 Å². The number of benzene rings is 1. The van der Waals surface area contributed by atoms with E-state index in [1.807, 2.05) is 32.3 Å². The van der Waals surface area contributed by atoms with Gasteiger partial charge >= 0.3 is 0 Å². The molecule has 98 valence electrons. The SMILES string of the molecule is CN(C)CCOc1ccc(CCN=[N+]=[N-])cc1Br. The smallest absolute Gasteiger partial charge is 0.133 e. The average molecular weight is 313 g/mol. The van der Waals surface area contributed by atoms with Gasteiger partial charge in [-0.2, -0.15) is 0 Å². The average Bonchev–Trinajstić information content (AvgIpc) is 2.32. The van der Waals surface area contributed by atoms with E-state index < -0.39 is 0 Å². The number of hydrogen-bond donors (Lipinski definition) is 0. The molecule has 0 aliphatic carbocycles. The maximum absolute atomic E-state index is 8.21. The highest BCUT2D eigenvalue weighted by molar-refractivity contribution is 9.10. The van der Waals surface area contributed by atoms with Crippen molar-refractivity contribution in [2.75, 3.05) is 33.8 Å². The Hall–Kier alpha value is -1.23. The van der Waals surface area contributed by atoms with E-state index in [1.54, 1.807) is 0 Å². The van der Waals surface area contributed by atoms with Crippen molar-refractivity contribution in [3.05, 3.63) is 38.7 Å². The molecule has 1 aromatic rings. The van der Waals surface area contributed by atoms with Gasteiger partial charge < -0.3 is 9.64 Å². The predicted molar refractivity (Wildman–Crippen MR) is 75.9 cm³/mol. The zero-order valence-electron chi connectivity index (χ0n) is 10.6. The quantitative estimate of drug-likeness (QED) is 0.441. The minimum absolute atomic E-state index is 0.476. The van der Waals surface area contributed by atoms with Crippen molar-refractivity contribution in [1.29, 1.82) is 0 Å². The molecule has 6 heteroatoms. The zero-order chi connectivity index (χ0) is 13.4. The molecule has 0 bridgehead atoms. The van der Waals surface area contributed by atoms with E-state index in [9.17, 15) is 0 Å². The second-order valence-corrected chi connectivity index (χ2v) is 4.98. The van der Waals surface area contributed by atoms with Crippen LogP contribution in [0.25, 0.3) is 10.4 Å². The standard InChI is InChI=1S/C12H17BrN4O/c1-17(2)7-8-18-12-4-3-10(9-11(12)13)5-6-15-16-14/h3-4,9H,5-8H2,1-2H3. The van der Waals surface area contributed by atoms with Crippen molar-refractivity contribution in [1.82, 2.24) is 4.90 Å². The van der Waals surface area contributed by atoms with Crippen LogP contribution in [0.4, 0.5) is 0 Å². The lowest BCUT2D eigenvalue weighted by Gasteiger charge is -2.12. The van der Waals surface area contributed by atoms with Crippen LogP contribution in [0.15, 0.2) is 27.8 Å². The molecule has 0 fully saturated rings. The van der Waals surface area contributed by atoms with E-state index in [0.717, 1.165) is 28.8 Å². The van der Waals surface area contributed by atoms with Crippen LogP contribution in [-0.2, 0) is 6.42 Å². The van der Waals surface area contributed by atoms with Crippen molar-refractivity contribution in [2.45, 2.75) is 6.42 Å². The molecule has 1 rings (SSSR count). The summed E-state index contributed by atoms with van der Waals surface area (Å²) in [7, 11) is 4.02. The Labute approximate surface area is 115 Å². The molecule has 0 heterocycles. The number of halogens is 1. The van der Waals surface area contributed by atoms with Gasteiger partial charge in [0.15, 0.2) is 0 Å². The van der Waals surface area contributed by atoms with E-state index in [4.69, 9.17) is 10.3 Å². The number of rotatable bonds is 7. The van der Waals surface area contributed by atoms with Crippen LogP contribution in [0, 0.1) is 0 Å². The summed E-state index contributed by atoms with van der Waals surface area (Å²) in [5.74, 6) is 0.837. The summed E-state index contributed by atoms with van der Waals surface area (Å²) in [4.78, 5) is 4.80. The normalized spacial score (nSPS) is 10.2. The summed E-state index contributed by atoms with van der Waals surface area (Å²) >= 11 is 3.48. The Morgan fingerprint density at radius 2 is 2.22 bits per heavy atom. The predicted octanol–water partition coefficient (Wildman–Crippen LogP) is 3.24. The lowest BCUT2D eigenvalue weighted by atomic mass is 10.1. The monoisotopic (exact) mass is 312 g/mol. The third kappa shape index (κ3) is 5.40. The van der Waals surface area contributed by atoms with E-state index in [2.05, 4.69) is 30.9 Å². The number of likely N-dealkylation sites (N-methyl/N-ethyl adjacent to an activating group) is 1. The second kappa shape index (κ2) is 7.97. The van der Waals surface area contributed by atoms with Crippen molar-refractivity contribution in [3.63, 3.8) is 0 Å². The van der Waals surface area contributed by atoms with E-state index in [1.165, 1.54) is 0 Å². The van der Waals surface area contributed by atoms with E-state index in [0.29, 0.717) is 13.2 Å². The van der Waals surface area contributed by atoms with Gasteiger partial charge in [-0.1, -0.05) is 11.2 Å². The topological polar surface area (TPSA) is 61.2 Å². The maximum Gasteiger partial charge on any atom is 0.133 e. The molecule has 1 aromatic carbocycles. The Bertz CT molecular complexity index is 430. The molecule has 0 amide bonds. The first-order chi connectivity index (χ1) is 8.63. The van der Waals surface area contributed by atoms with Crippen molar-refractivity contribution in [2.24, 2.45) is 5.11 Å². The Morgan fingerprint density at radius 3 is 2.83 bits per heavy atom. The minimum atomic E-state index is 0.476. The minimum Gasteiger partial charge on any atom is -0.491 e. The first-order valence-corrected chi connectivity index (χ1v) is 6.49. The molecule has 0 radical (unpaired) electrons. The first-order valence-electron chi connectivity index (χ1n) is 5.70. The summed E-state index contributed by atoms with van der Waals surface area (Å²) in [5.41, 5.74) is 9.33. The van der Waals surface area contributed by atoms with Crippen LogP contribution < -0.4 is 4.74 Å². The van der Waals surface area contributed by atoms with Gasteiger partial charge in [0.2, 0.25) is 0 Å². The fourth-order valence-electron chi connectivity index (χ4n) is 1.38. The van der Waals surface area contributed by atoms with Crippen LogP contribution in [0.5, 0.6) is 5.75 Å². The molecular weight excluding hydrogens is 296 g/mol. The Kier molecular flexibility index (Phi) is 6.57. The molecule has 0 unspecified atom stereocenters. The Balaban J connectivity index is 2.53. The molecule has 0 aromatic heterocycles. The number of hydrogen-bond acceptors (Lipinski definition) is 3. The molecule has 0 saturated heterocycles. The molecule has 18 heavy (non-hydrogen) atoms. The largest absolute Gasteiger partial charge is 0.491 e. The van der Waals surface area contributed by atoms with Gasteiger partial charge in [-0.15, -0.1) is 0 Å². The van der Waals surface area contributed by atoms with Crippen LogP contribution in [0.2, 0.25) is 0 Å². The summed E-state index contributed by atoms with van der Waals surface area (Å²) in [6.45, 7) is 2.01. The van der Waals surface area contributed by atoms with Crippen LogP contribution >= 0.6 is 15.9 Å². The number of azide groups is 1. The van der Waals surface area contributed by atoms with Gasteiger partial charge in [0.05, 0.1) is 4.47 Å². The fraction of sp³-hybridized carbons (Fsp3) is 0.500. The lowest BCUT2D eigenvalue weighted by molar-refractivity contribution is 0.260. The fourth-order valence-corrected chi connectivity index (χ4v) is 1.92. The lowest BCUT2D eigenvalue weighted by Crippen LogP contribution is -2.19. The Morgan fingerprint density at radius 1 is 1.44 bits per heavy atom. The highest BCUT2D eigenvalue weighted by atomic mass is 79.9. The summed E-state index contributed by atoms with van der Waals surface area (Å²) in [6.07, 6.45) is 0.737. The summed E-state index contributed by atoms with van der Waals surface area (Å²) in [5, 5.41) is 3.52. The molecule has 0 atom stereocenters. The van der Waals surface area contributed by atoms with Crippen molar-refractivity contribution >= 4 is 15.9 Å². The molecule has 0 aliphatic heterocycles. The van der Waals surface area contributed by atoms with Gasteiger partial charge in [-0.05, 0) is 59.7 Å². The van der Waals surface area contributed by atoms with Crippen molar-refractivity contribution in [3.8, 4) is 5.75 Å². The zero-order valence-corrected chi connectivity index (χ0v) is 12.2. The van der Waals surface area contributed by atoms with E-state index in [-0.39, 0.29) is 0 Å². The number of ether oxygens (including phenoxy) is 1. The molecule has 0 saturated carbocycles. The molecule has 0 N–H and O–H groups in total. The van der Waals surface area contributed by atoms with Gasteiger partial charge in [-0.25, -0.2) is 0 Å². The van der Waals surface area contributed by atoms with Gasteiger partial charge in [0.25, 0.3) is 0 Å². The summed E-state index contributed by atoms with van der Waals surface area (Å²) < 4.78 is 6.59. The third-order valence-electron chi connectivity index (χ3n) is 2.36. The van der Waals surface area contributed by atoms with Gasteiger partial charge in [-0.3, -0.25) is 0 Å². The van der Waals surface area contributed by atoms with Crippen LogP contribution in [0.1, 0.15) is 5.56 Å². The third-order valence-corrected chi connectivity index (χ3v) is 2.98. The second-order valence-electron chi connectivity index (χ2n) is 4.12. The molecule has 0 spiro atoms. The van der Waals surface area contributed by atoms with Crippen LogP contribution in [0.3, 0.4) is 0 Å². The van der Waals surface area contributed by atoms with Gasteiger partial charge in [0, 0.05) is 18.0 Å². The van der Waals surface area contributed by atoms with Crippen LogP contribution in [-0.4, -0.2) is 38.7 Å². The highest BCUT2D eigenvalue weighted by Gasteiger charge is 2.03. The summed E-state index contributed by atoms with van der Waals surface area (Å²) in [6, 6.07) is 5.92. The number of nitrogens with zero attached hydrogens (tertiary/aromatic N) is 4. The first kappa shape index (κ1) is 14.8. The highest BCUT2D eigenvalue weighted by Crippen LogP contribution is 2.26. The van der Waals surface area contributed by atoms with Crippen molar-refractivity contribution < 1.29 is 4.74 Å². The molecular formula is C12H17BrN4O. The van der Waals surface area contributed by atoms with E-state index >= 15 is 0 Å². The molecule has 5 nitrogen and oxygen atoms in total. The molecule has 0 aliphatic rings.